The van der Waals surface area contributed by atoms with Gasteiger partial charge in [0.2, 0.25) is 0 Å². The second kappa shape index (κ2) is 5.97. The van der Waals surface area contributed by atoms with Gasteiger partial charge in [-0.25, -0.2) is 0 Å². The summed E-state index contributed by atoms with van der Waals surface area (Å²) in [4.78, 5) is 1.25. The predicted molar refractivity (Wildman–Crippen MR) is 62.9 cm³/mol. The van der Waals surface area contributed by atoms with Gasteiger partial charge in [-0.15, -0.1) is 11.8 Å². The highest BCUT2D eigenvalue weighted by atomic mass is 32.2. The summed E-state index contributed by atoms with van der Waals surface area (Å²) in [6.45, 7) is 4.48. The molecule has 2 heteroatoms. The number of rotatable bonds is 5. The van der Waals surface area contributed by atoms with Crippen LogP contribution in [0.25, 0.3) is 0 Å². The third kappa shape index (κ3) is 3.62. The molecule has 1 aromatic rings. The summed E-state index contributed by atoms with van der Waals surface area (Å²) in [6.07, 6.45) is 2.50. The molecule has 0 unspecified atom stereocenters. The lowest BCUT2D eigenvalue weighted by Gasteiger charge is -2.11. The van der Waals surface area contributed by atoms with Gasteiger partial charge in [0.1, 0.15) is 5.75 Å². The van der Waals surface area contributed by atoms with Gasteiger partial charge in [-0.05, 0) is 30.2 Å². The molecular formula is C12H18OS. The Morgan fingerprint density at radius 1 is 1.14 bits per heavy atom. The fourth-order valence-electron chi connectivity index (χ4n) is 1.28. The average Bonchev–Trinajstić information content (AvgIpc) is 2.22. The van der Waals surface area contributed by atoms with Crippen molar-refractivity contribution in [3.05, 3.63) is 24.3 Å². The molecule has 0 aliphatic heterocycles. The summed E-state index contributed by atoms with van der Waals surface area (Å²) < 4.78 is 0. The first-order valence-electron chi connectivity index (χ1n) is 5.18. The maximum Gasteiger partial charge on any atom is 0.115 e. The zero-order chi connectivity index (χ0) is 10.4. The maximum absolute atomic E-state index is 9.12. The van der Waals surface area contributed by atoms with Gasteiger partial charge in [-0.2, -0.15) is 0 Å². The smallest absolute Gasteiger partial charge is 0.115 e. The van der Waals surface area contributed by atoms with Crippen molar-refractivity contribution in [2.75, 3.05) is 5.75 Å². The first-order chi connectivity index (χ1) is 6.76. The minimum atomic E-state index is 0.344. The second-order valence-electron chi connectivity index (χ2n) is 3.49. The molecule has 0 heterocycles. The molecule has 1 nitrogen and oxygen atoms in total. The number of phenolic OH excluding ortho intramolecular Hbond substituents is 1. The molecular weight excluding hydrogens is 192 g/mol. The van der Waals surface area contributed by atoms with E-state index in [0.29, 0.717) is 5.75 Å². The molecule has 0 fully saturated rings. The molecule has 1 aromatic carbocycles. The van der Waals surface area contributed by atoms with Gasteiger partial charge in [0.05, 0.1) is 0 Å². The first kappa shape index (κ1) is 11.4. The fourth-order valence-corrected chi connectivity index (χ4v) is 2.51. The quantitative estimate of drug-likeness (QED) is 0.743. The SMILES string of the molecule is CCC(CC)CSc1ccc(O)cc1. The second-order valence-corrected chi connectivity index (χ2v) is 4.58. The molecule has 0 atom stereocenters. The maximum atomic E-state index is 9.12. The Balaban J connectivity index is 2.41. The third-order valence-electron chi connectivity index (χ3n) is 2.48. The van der Waals surface area contributed by atoms with Gasteiger partial charge in [-0.3, -0.25) is 0 Å². The van der Waals surface area contributed by atoms with E-state index >= 15 is 0 Å². The van der Waals surface area contributed by atoms with Crippen LogP contribution in [-0.2, 0) is 0 Å². The predicted octanol–water partition coefficient (Wildman–Crippen LogP) is 3.92. The summed E-state index contributed by atoms with van der Waals surface area (Å²) in [5.74, 6) is 2.34. The minimum Gasteiger partial charge on any atom is -0.508 e. The number of phenols is 1. The number of thioether (sulfide) groups is 1. The van der Waals surface area contributed by atoms with Crippen molar-refractivity contribution in [2.24, 2.45) is 5.92 Å². The average molecular weight is 210 g/mol. The van der Waals surface area contributed by atoms with Gasteiger partial charge in [0.15, 0.2) is 0 Å². The largest absolute Gasteiger partial charge is 0.508 e. The lowest BCUT2D eigenvalue weighted by atomic mass is 10.1. The molecule has 0 aliphatic carbocycles. The first-order valence-corrected chi connectivity index (χ1v) is 6.16. The van der Waals surface area contributed by atoms with Crippen LogP contribution < -0.4 is 0 Å². The van der Waals surface area contributed by atoms with E-state index in [1.165, 1.54) is 23.5 Å². The molecule has 0 radical (unpaired) electrons. The zero-order valence-electron chi connectivity index (χ0n) is 8.86. The molecule has 14 heavy (non-hydrogen) atoms. The molecule has 0 saturated heterocycles. The van der Waals surface area contributed by atoms with Crippen LogP contribution in [0.2, 0.25) is 0 Å². The van der Waals surface area contributed by atoms with Gasteiger partial charge in [0.25, 0.3) is 0 Å². The molecule has 0 aromatic heterocycles. The molecule has 0 amide bonds. The van der Waals surface area contributed by atoms with Gasteiger partial charge in [-0.1, -0.05) is 26.7 Å². The summed E-state index contributed by atoms with van der Waals surface area (Å²) in [6, 6.07) is 7.44. The van der Waals surface area contributed by atoms with Crippen molar-refractivity contribution >= 4 is 11.8 Å². The van der Waals surface area contributed by atoms with E-state index in [-0.39, 0.29) is 0 Å². The van der Waals surface area contributed by atoms with Crippen molar-refractivity contribution in [1.82, 2.24) is 0 Å². The van der Waals surface area contributed by atoms with Crippen LogP contribution in [0.4, 0.5) is 0 Å². The van der Waals surface area contributed by atoms with Gasteiger partial charge in [0, 0.05) is 10.6 Å². The molecule has 1 rings (SSSR count). The molecule has 1 N–H and O–H groups in total. The number of hydrogen-bond acceptors (Lipinski definition) is 2. The van der Waals surface area contributed by atoms with E-state index in [4.69, 9.17) is 5.11 Å². The summed E-state index contributed by atoms with van der Waals surface area (Å²) in [7, 11) is 0. The Morgan fingerprint density at radius 3 is 2.21 bits per heavy atom. The lowest BCUT2D eigenvalue weighted by molar-refractivity contribution is 0.475. The van der Waals surface area contributed by atoms with E-state index < -0.39 is 0 Å². The minimum absolute atomic E-state index is 0.344. The molecule has 0 aliphatic rings. The van der Waals surface area contributed by atoms with E-state index in [1.54, 1.807) is 12.1 Å². The van der Waals surface area contributed by atoms with Crippen molar-refractivity contribution in [3.63, 3.8) is 0 Å². The fraction of sp³-hybridized carbons (Fsp3) is 0.500. The monoisotopic (exact) mass is 210 g/mol. The summed E-state index contributed by atoms with van der Waals surface area (Å²) in [5.41, 5.74) is 0. The van der Waals surface area contributed by atoms with Gasteiger partial charge < -0.3 is 5.11 Å². The Bertz CT molecular complexity index is 252. The van der Waals surface area contributed by atoms with E-state index in [1.807, 2.05) is 23.9 Å². The molecule has 0 saturated carbocycles. The van der Waals surface area contributed by atoms with Crippen LogP contribution in [0, 0.1) is 5.92 Å². The lowest BCUT2D eigenvalue weighted by Crippen LogP contribution is -1.99. The van der Waals surface area contributed by atoms with Crippen molar-refractivity contribution in [1.29, 1.82) is 0 Å². The van der Waals surface area contributed by atoms with Crippen LogP contribution in [0.5, 0.6) is 5.75 Å². The highest BCUT2D eigenvalue weighted by Gasteiger charge is 2.03. The molecule has 0 spiro atoms. The van der Waals surface area contributed by atoms with Crippen LogP contribution in [0.15, 0.2) is 29.2 Å². The van der Waals surface area contributed by atoms with E-state index in [9.17, 15) is 0 Å². The Kier molecular flexibility index (Phi) is 4.88. The number of aromatic hydroxyl groups is 1. The number of hydrogen-bond donors (Lipinski definition) is 1. The Labute approximate surface area is 90.5 Å². The molecule has 0 bridgehead atoms. The summed E-state index contributed by atoms with van der Waals surface area (Å²) >= 11 is 1.88. The standard InChI is InChI=1S/C12H18OS/c1-3-10(4-2)9-14-12-7-5-11(13)6-8-12/h5-8,10,13H,3-4,9H2,1-2H3. The van der Waals surface area contributed by atoms with E-state index in [0.717, 1.165) is 5.92 Å². The van der Waals surface area contributed by atoms with Gasteiger partial charge >= 0.3 is 0 Å². The van der Waals surface area contributed by atoms with Crippen molar-refractivity contribution < 1.29 is 5.11 Å². The van der Waals surface area contributed by atoms with Crippen LogP contribution in [0.1, 0.15) is 26.7 Å². The topological polar surface area (TPSA) is 20.2 Å². The Hall–Kier alpha value is -0.630. The van der Waals surface area contributed by atoms with Crippen molar-refractivity contribution in [2.45, 2.75) is 31.6 Å². The highest BCUT2D eigenvalue weighted by molar-refractivity contribution is 7.99. The van der Waals surface area contributed by atoms with Crippen molar-refractivity contribution in [3.8, 4) is 5.75 Å². The van der Waals surface area contributed by atoms with Crippen LogP contribution in [-0.4, -0.2) is 10.9 Å². The van der Waals surface area contributed by atoms with Crippen LogP contribution >= 0.6 is 11.8 Å². The third-order valence-corrected chi connectivity index (χ3v) is 3.72. The van der Waals surface area contributed by atoms with Crippen LogP contribution in [0.3, 0.4) is 0 Å². The summed E-state index contributed by atoms with van der Waals surface area (Å²) in [5, 5.41) is 9.12. The van der Waals surface area contributed by atoms with E-state index in [2.05, 4.69) is 13.8 Å². The highest BCUT2D eigenvalue weighted by Crippen LogP contribution is 2.24. The Morgan fingerprint density at radius 2 is 1.71 bits per heavy atom. The number of benzene rings is 1. The zero-order valence-corrected chi connectivity index (χ0v) is 9.68. The normalized spacial score (nSPS) is 10.8. The molecule has 78 valence electrons.